The number of nitrogens with zero attached hydrogens (tertiary/aromatic N) is 1. The molecule has 5 nitrogen and oxygen atoms in total. The van der Waals surface area contributed by atoms with E-state index in [1.54, 1.807) is 26.1 Å². The normalized spacial score (nSPS) is 11.5. The maximum absolute atomic E-state index is 12.7. The van der Waals surface area contributed by atoms with Gasteiger partial charge in [-0.15, -0.1) is 0 Å². The van der Waals surface area contributed by atoms with Crippen LogP contribution in [0.4, 0.5) is 0 Å². The van der Waals surface area contributed by atoms with E-state index in [1.807, 2.05) is 36.4 Å². The second-order valence-electron chi connectivity index (χ2n) is 5.68. The Kier molecular flexibility index (Phi) is 7.66. The fourth-order valence-corrected chi connectivity index (χ4v) is 2.87. The van der Waals surface area contributed by atoms with Crippen LogP contribution in [0, 0.1) is 0 Å². The van der Waals surface area contributed by atoms with Gasteiger partial charge in [0.15, 0.2) is 6.61 Å². The minimum absolute atomic E-state index is 0.139. The highest BCUT2D eigenvalue weighted by atomic mass is 79.9. The maximum Gasteiger partial charge on any atom is 0.261 e. The quantitative estimate of drug-likeness (QED) is 0.652. The predicted molar refractivity (Wildman–Crippen MR) is 108 cm³/mol. The third kappa shape index (κ3) is 5.85. The lowest BCUT2D eigenvalue weighted by Crippen LogP contribution is -2.48. The van der Waals surface area contributed by atoms with E-state index < -0.39 is 6.04 Å². The van der Waals surface area contributed by atoms with Gasteiger partial charge in [0.1, 0.15) is 11.8 Å². The molecule has 1 atom stereocenters. The predicted octanol–water partition coefficient (Wildman–Crippen LogP) is 3.75. The maximum atomic E-state index is 12.7. The molecule has 0 heterocycles. The van der Waals surface area contributed by atoms with E-state index in [-0.39, 0.29) is 18.4 Å². The summed E-state index contributed by atoms with van der Waals surface area (Å²) in [6, 6.07) is 14.3. The first-order chi connectivity index (χ1) is 12.4. The van der Waals surface area contributed by atoms with Crippen LogP contribution in [0.15, 0.2) is 57.5 Å². The van der Waals surface area contributed by atoms with Crippen LogP contribution >= 0.6 is 31.9 Å². The Hall–Kier alpha value is -1.86. The van der Waals surface area contributed by atoms with Crippen molar-refractivity contribution in [1.82, 2.24) is 10.2 Å². The number of rotatable bonds is 7. The molecule has 0 aliphatic rings. The number of likely N-dealkylation sites (N-methyl/N-ethyl adjacent to an activating group) is 1. The first-order valence-corrected chi connectivity index (χ1v) is 9.63. The van der Waals surface area contributed by atoms with Gasteiger partial charge >= 0.3 is 0 Å². The SMILES string of the molecule is CNC(=O)[C@@H](C)N(Cc1ccc(Br)cc1)C(=O)COc1ccc(Br)cc1. The van der Waals surface area contributed by atoms with E-state index in [0.29, 0.717) is 12.3 Å². The zero-order valence-corrected chi connectivity index (χ0v) is 17.7. The van der Waals surface area contributed by atoms with Gasteiger partial charge in [-0.2, -0.15) is 0 Å². The standard InChI is InChI=1S/C19H20Br2N2O3/c1-13(19(25)22-2)23(11-14-3-5-15(20)6-4-14)18(24)12-26-17-9-7-16(21)8-10-17/h3-10,13H,11-12H2,1-2H3,(H,22,25)/t13-/m1/s1. The van der Waals surface area contributed by atoms with Gasteiger partial charge in [0.05, 0.1) is 0 Å². The monoisotopic (exact) mass is 482 g/mol. The number of carbonyl (C=O) groups excluding carboxylic acids is 2. The lowest BCUT2D eigenvalue weighted by Gasteiger charge is -2.28. The van der Waals surface area contributed by atoms with E-state index in [9.17, 15) is 9.59 Å². The van der Waals surface area contributed by atoms with Gasteiger partial charge in [0.25, 0.3) is 5.91 Å². The van der Waals surface area contributed by atoms with Crippen molar-refractivity contribution in [2.75, 3.05) is 13.7 Å². The lowest BCUT2D eigenvalue weighted by molar-refractivity contribution is -0.142. The average molecular weight is 484 g/mol. The second-order valence-corrected chi connectivity index (χ2v) is 7.51. The Morgan fingerprint density at radius 1 is 1.04 bits per heavy atom. The van der Waals surface area contributed by atoms with Gasteiger partial charge < -0.3 is 15.0 Å². The lowest BCUT2D eigenvalue weighted by atomic mass is 10.1. The van der Waals surface area contributed by atoms with Crippen LogP contribution in [-0.2, 0) is 16.1 Å². The van der Waals surface area contributed by atoms with Gasteiger partial charge in [-0.3, -0.25) is 9.59 Å². The third-order valence-electron chi connectivity index (χ3n) is 3.86. The number of ether oxygens (including phenoxy) is 1. The highest BCUT2D eigenvalue weighted by Gasteiger charge is 2.25. The van der Waals surface area contributed by atoms with Gasteiger partial charge in [0, 0.05) is 22.5 Å². The number of hydrogen-bond acceptors (Lipinski definition) is 3. The molecule has 0 spiro atoms. The smallest absolute Gasteiger partial charge is 0.261 e. The zero-order chi connectivity index (χ0) is 19.1. The molecule has 0 saturated carbocycles. The molecule has 2 rings (SSSR count). The molecule has 0 fully saturated rings. The molecule has 2 aromatic rings. The summed E-state index contributed by atoms with van der Waals surface area (Å²) < 4.78 is 7.46. The number of hydrogen-bond donors (Lipinski definition) is 1. The van der Waals surface area contributed by atoms with Crippen molar-refractivity contribution in [2.24, 2.45) is 0 Å². The summed E-state index contributed by atoms with van der Waals surface area (Å²) in [5.41, 5.74) is 0.931. The van der Waals surface area contributed by atoms with Crippen LogP contribution < -0.4 is 10.1 Å². The number of amides is 2. The van der Waals surface area contributed by atoms with Crippen molar-refractivity contribution in [3.8, 4) is 5.75 Å². The molecule has 2 amide bonds. The molecular weight excluding hydrogens is 464 g/mol. The number of carbonyl (C=O) groups is 2. The molecule has 0 aromatic heterocycles. The van der Waals surface area contributed by atoms with Crippen LogP contribution in [0.2, 0.25) is 0 Å². The summed E-state index contributed by atoms with van der Waals surface area (Å²) in [4.78, 5) is 26.3. The molecule has 2 aromatic carbocycles. The molecule has 138 valence electrons. The van der Waals surface area contributed by atoms with Gasteiger partial charge in [-0.1, -0.05) is 44.0 Å². The van der Waals surface area contributed by atoms with Crippen LogP contribution in [0.25, 0.3) is 0 Å². The van der Waals surface area contributed by atoms with Crippen molar-refractivity contribution in [3.63, 3.8) is 0 Å². The summed E-state index contributed by atoms with van der Waals surface area (Å²) in [5.74, 6) is 0.115. The zero-order valence-electron chi connectivity index (χ0n) is 14.5. The van der Waals surface area contributed by atoms with Crippen LogP contribution in [0.1, 0.15) is 12.5 Å². The van der Waals surface area contributed by atoms with Crippen LogP contribution in [-0.4, -0.2) is 36.4 Å². The summed E-state index contributed by atoms with van der Waals surface area (Å²) in [6.45, 7) is 1.89. The van der Waals surface area contributed by atoms with Crippen molar-refractivity contribution in [3.05, 3.63) is 63.0 Å². The molecule has 7 heteroatoms. The first kappa shape index (κ1) is 20.5. The second kappa shape index (κ2) is 9.73. The molecule has 0 saturated heterocycles. The van der Waals surface area contributed by atoms with E-state index in [1.165, 1.54) is 4.90 Å². The Balaban J connectivity index is 2.10. The average Bonchev–Trinajstić information content (AvgIpc) is 2.65. The molecule has 0 radical (unpaired) electrons. The minimum Gasteiger partial charge on any atom is -0.484 e. The molecule has 0 unspecified atom stereocenters. The van der Waals surface area contributed by atoms with Gasteiger partial charge in [0.2, 0.25) is 5.91 Å². The fourth-order valence-electron chi connectivity index (χ4n) is 2.34. The Morgan fingerprint density at radius 2 is 1.58 bits per heavy atom. The highest BCUT2D eigenvalue weighted by molar-refractivity contribution is 9.10. The Bertz CT molecular complexity index is 748. The van der Waals surface area contributed by atoms with Gasteiger partial charge in [-0.25, -0.2) is 0 Å². The fraction of sp³-hybridized carbons (Fsp3) is 0.263. The summed E-state index contributed by atoms with van der Waals surface area (Å²) >= 11 is 6.75. The largest absolute Gasteiger partial charge is 0.484 e. The molecular formula is C19H20Br2N2O3. The van der Waals surface area contributed by atoms with E-state index in [4.69, 9.17) is 4.74 Å². The van der Waals surface area contributed by atoms with Crippen molar-refractivity contribution in [2.45, 2.75) is 19.5 Å². The van der Waals surface area contributed by atoms with E-state index in [0.717, 1.165) is 14.5 Å². The van der Waals surface area contributed by atoms with Crippen LogP contribution in [0.3, 0.4) is 0 Å². The summed E-state index contributed by atoms with van der Waals surface area (Å²) in [5, 5.41) is 2.59. The highest BCUT2D eigenvalue weighted by Crippen LogP contribution is 2.17. The number of benzene rings is 2. The van der Waals surface area contributed by atoms with E-state index >= 15 is 0 Å². The molecule has 0 bridgehead atoms. The van der Waals surface area contributed by atoms with Gasteiger partial charge in [-0.05, 0) is 48.9 Å². The minimum atomic E-state index is -0.607. The van der Waals surface area contributed by atoms with Crippen molar-refractivity contribution >= 4 is 43.7 Å². The summed E-state index contributed by atoms with van der Waals surface area (Å²) in [7, 11) is 1.56. The topological polar surface area (TPSA) is 58.6 Å². The number of halogens is 2. The Labute approximate surface area is 170 Å². The molecule has 0 aliphatic heterocycles. The van der Waals surface area contributed by atoms with E-state index in [2.05, 4.69) is 37.2 Å². The van der Waals surface area contributed by atoms with Crippen molar-refractivity contribution in [1.29, 1.82) is 0 Å². The molecule has 0 aliphatic carbocycles. The first-order valence-electron chi connectivity index (χ1n) is 8.04. The number of nitrogens with one attached hydrogen (secondary N) is 1. The van der Waals surface area contributed by atoms with Crippen LogP contribution in [0.5, 0.6) is 5.75 Å². The van der Waals surface area contributed by atoms with Crippen molar-refractivity contribution < 1.29 is 14.3 Å². The Morgan fingerprint density at radius 3 is 2.12 bits per heavy atom. The molecule has 1 N–H and O–H groups in total. The molecule has 26 heavy (non-hydrogen) atoms. The summed E-state index contributed by atoms with van der Waals surface area (Å²) in [6.07, 6.45) is 0. The third-order valence-corrected chi connectivity index (χ3v) is 4.91.